The van der Waals surface area contributed by atoms with Crippen molar-refractivity contribution in [2.75, 3.05) is 13.1 Å². The van der Waals surface area contributed by atoms with Crippen molar-refractivity contribution in [3.05, 3.63) is 0 Å². The van der Waals surface area contributed by atoms with Gasteiger partial charge in [-0.15, -0.1) is 0 Å². The highest BCUT2D eigenvalue weighted by molar-refractivity contribution is 5.84. The van der Waals surface area contributed by atoms with Crippen molar-refractivity contribution >= 4 is 5.91 Å². The second-order valence-corrected chi connectivity index (χ2v) is 4.44. The van der Waals surface area contributed by atoms with Crippen molar-refractivity contribution in [2.24, 2.45) is 5.41 Å². The molecule has 1 aliphatic rings. The molecule has 3 nitrogen and oxygen atoms in total. The third-order valence-electron chi connectivity index (χ3n) is 2.71. The third kappa shape index (κ3) is 2.47. The van der Waals surface area contributed by atoms with E-state index in [1.807, 2.05) is 4.90 Å². The molecule has 14 heavy (non-hydrogen) atoms. The fourth-order valence-corrected chi connectivity index (χ4v) is 1.72. The number of carbonyl (C=O) groups is 1. The number of nitrogens with zero attached hydrogens (tertiary/aromatic N) is 2. The van der Waals surface area contributed by atoms with Crippen LogP contribution in [0.4, 0.5) is 0 Å². The largest absolute Gasteiger partial charge is 0.341 e. The van der Waals surface area contributed by atoms with E-state index in [1.165, 1.54) is 12.8 Å². The van der Waals surface area contributed by atoms with Crippen molar-refractivity contribution in [2.45, 2.75) is 39.5 Å². The van der Waals surface area contributed by atoms with Crippen molar-refractivity contribution in [1.29, 1.82) is 5.26 Å². The summed E-state index contributed by atoms with van der Waals surface area (Å²) in [6, 6.07) is 2.07. The summed E-state index contributed by atoms with van der Waals surface area (Å²) in [6.45, 7) is 5.04. The Morgan fingerprint density at radius 2 is 1.71 bits per heavy atom. The minimum Gasteiger partial charge on any atom is -0.341 e. The summed E-state index contributed by atoms with van der Waals surface area (Å²) < 4.78 is 0. The lowest BCUT2D eigenvalue weighted by atomic mass is 9.94. The van der Waals surface area contributed by atoms with Crippen molar-refractivity contribution in [1.82, 2.24) is 4.90 Å². The molecule has 3 heteroatoms. The smallest absolute Gasteiger partial charge is 0.242 e. The van der Waals surface area contributed by atoms with Crippen LogP contribution < -0.4 is 0 Å². The Morgan fingerprint density at radius 3 is 2.14 bits per heavy atom. The second kappa shape index (κ2) is 4.45. The zero-order valence-electron chi connectivity index (χ0n) is 9.05. The van der Waals surface area contributed by atoms with Crippen LogP contribution in [0.15, 0.2) is 0 Å². The monoisotopic (exact) mass is 194 g/mol. The predicted octanol–water partition coefficient (Wildman–Crippen LogP) is 1.94. The lowest BCUT2D eigenvalue weighted by molar-refractivity contribution is -0.137. The molecule has 0 atom stereocenters. The Morgan fingerprint density at radius 1 is 1.21 bits per heavy atom. The van der Waals surface area contributed by atoms with E-state index in [-0.39, 0.29) is 5.91 Å². The maximum atomic E-state index is 11.9. The van der Waals surface area contributed by atoms with Gasteiger partial charge in [-0.25, -0.2) is 0 Å². The molecule has 1 heterocycles. The Balaban J connectivity index is 2.64. The van der Waals surface area contributed by atoms with Crippen molar-refractivity contribution in [3.8, 4) is 6.07 Å². The van der Waals surface area contributed by atoms with Gasteiger partial charge in [-0.3, -0.25) is 4.79 Å². The molecule has 1 aliphatic heterocycles. The lowest BCUT2D eigenvalue weighted by Crippen LogP contribution is -2.40. The number of rotatable bonds is 1. The topological polar surface area (TPSA) is 44.1 Å². The van der Waals surface area contributed by atoms with Gasteiger partial charge < -0.3 is 4.90 Å². The van der Waals surface area contributed by atoms with Crippen LogP contribution in [0.25, 0.3) is 0 Å². The van der Waals surface area contributed by atoms with Gasteiger partial charge in [0.05, 0.1) is 6.07 Å². The number of carbonyl (C=O) groups excluding carboxylic acids is 1. The lowest BCUT2D eigenvalue weighted by Gasteiger charge is -2.26. The predicted molar refractivity (Wildman–Crippen MR) is 54.4 cm³/mol. The molecule has 78 valence electrons. The SMILES string of the molecule is CC(C)(C#N)C(=O)N1CCCCCC1. The number of nitriles is 1. The van der Waals surface area contributed by atoms with Crippen molar-refractivity contribution in [3.63, 3.8) is 0 Å². The summed E-state index contributed by atoms with van der Waals surface area (Å²) in [7, 11) is 0. The van der Waals surface area contributed by atoms with Gasteiger partial charge in [-0.05, 0) is 26.7 Å². The Kier molecular flexibility index (Phi) is 3.51. The first kappa shape index (κ1) is 11.0. The quantitative estimate of drug-likeness (QED) is 0.640. The highest BCUT2D eigenvalue weighted by atomic mass is 16.2. The van der Waals surface area contributed by atoms with Gasteiger partial charge in [0.1, 0.15) is 5.41 Å². The average molecular weight is 194 g/mol. The molecular formula is C11H18N2O. The summed E-state index contributed by atoms with van der Waals surface area (Å²) in [6.07, 6.45) is 4.56. The van der Waals surface area contributed by atoms with Crippen molar-refractivity contribution < 1.29 is 4.79 Å². The normalized spacial score (nSPS) is 18.5. The van der Waals surface area contributed by atoms with E-state index >= 15 is 0 Å². The molecule has 1 fully saturated rings. The van der Waals surface area contributed by atoms with Crippen LogP contribution in [0, 0.1) is 16.7 Å². The highest BCUT2D eigenvalue weighted by Gasteiger charge is 2.31. The molecule has 0 aromatic heterocycles. The van der Waals surface area contributed by atoms with Gasteiger partial charge in [0, 0.05) is 13.1 Å². The first-order valence-electron chi connectivity index (χ1n) is 5.28. The molecule has 1 rings (SSSR count). The first-order chi connectivity index (χ1) is 6.58. The van der Waals surface area contributed by atoms with E-state index < -0.39 is 5.41 Å². The van der Waals surface area contributed by atoms with Crippen LogP contribution in [-0.4, -0.2) is 23.9 Å². The highest BCUT2D eigenvalue weighted by Crippen LogP contribution is 2.20. The summed E-state index contributed by atoms with van der Waals surface area (Å²) in [5, 5.41) is 8.87. The molecular weight excluding hydrogens is 176 g/mol. The first-order valence-corrected chi connectivity index (χ1v) is 5.28. The number of hydrogen-bond donors (Lipinski definition) is 0. The van der Waals surface area contributed by atoms with E-state index in [0.717, 1.165) is 25.9 Å². The van der Waals surface area contributed by atoms with Gasteiger partial charge in [-0.2, -0.15) is 5.26 Å². The minimum absolute atomic E-state index is 0.0121. The molecule has 0 bridgehead atoms. The van der Waals surface area contributed by atoms with Crippen LogP contribution in [-0.2, 0) is 4.79 Å². The molecule has 1 saturated heterocycles. The summed E-state index contributed by atoms with van der Waals surface area (Å²) in [4.78, 5) is 13.8. The van der Waals surface area contributed by atoms with Crippen LogP contribution >= 0.6 is 0 Å². The Labute approximate surface area is 85.7 Å². The van der Waals surface area contributed by atoms with Gasteiger partial charge >= 0.3 is 0 Å². The molecule has 0 aliphatic carbocycles. The minimum atomic E-state index is -0.857. The standard InChI is InChI=1S/C11H18N2O/c1-11(2,9-12)10(14)13-7-5-3-4-6-8-13/h3-8H2,1-2H3. The molecule has 0 saturated carbocycles. The maximum Gasteiger partial charge on any atom is 0.242 e. The van der Waals surface area contributed by atoms with Gasteiger partial charge in [0.2, 0.25) is 5.91 Å². The third-order valence-corrected chi connectivity index (χ3v) is 2.71. The molecule has 0 aromatic rings. The van der Waals surface area contributed by atoms with Gasteiger partial charge in [0.25, 0.3) is 0 Å². The molecule has 0 unspecified atom stereocenters. The molecule has 0 aromatic carbocycles. The molecule has 0 radical (unpaired) electrons. The Hall–Kier alpha value is -1.04. The fraction of sp³-hybridized carbons (Fsp3) is 0.818. The van der Waals surface area contributed by atoms with E-state index in [4.69, 9.17) is 5.26 Å². The molecule has 1 amide bonds. The zero-order chi connectivity index (χ0) is 10.6. The van der Waals surface area contributed by atoms with Gasteiger partial charge in [-0.1, -0.05) is 12.8 Å². The van der Waals surface area contributed by atoms with E-state index in [2.05, 4.69) is 6.07 Å². The molecule has 0 spiro atoms. The Bertz CT molecular complexity index is 245. The zero-order valence-corrected chi connectivity index (χ0v) is 9.05. The molecule has 0 N–H and O–H groups in total. The number of amides is 1. The second-order valence-electron chi connectivity index (χ2n) is 4.44. The average Bonchev–Trinajstić information content (AvgIpc) is 2.44. The van der Waals surface area contributed by atoms with Gasteiger partial charge in [0.15, 0.2) is 0 Å². The van der Waals surface area contributed by atoms with E-state index in [1.54, 1.807) is 13.8 Å². The summed E-state index contributed by atoms with van der Waals surface area (Å²) in [5.41, 5.74) is -0.857. The fourth-order valence-electron chi connectivity index (χ4n) is 1.72. The van der Waals surface area contributed by atoms with Crippen LogP contribution in [0.5, 0.6) is 0 Å². The van der Waals surface area contributed by atoms with E-state index in [9.17, 15) is 4.79 Å². The van der Waals surface area contributed by atoms with Crippen LogP contribution in [0.1, 0.15) is 39.5 Å². The van der Waals surface area contributed by atoms with Crippen LogP contribution in [0.2, 0.25) is 0 Å². The number of hydrogen-bond acceptors (Lipinski definition) is 2. The summed E-state index contributed by atoms with van der Waals surface area (Å²) >= 11 is 0. The summed E-state index contributed by atoms with van der Waals surface area (Å²) in [5.74, 6) is -0.0121. The number of likely N-dealkylation sites (tertiary alicyclic amines) is 1. The van der Waals surface area contributed by atoms with E-state index in [0.29, 0.717) is 0 Å². The van der Waals surface area contributed by atoms with Crippen LogP contribution in [0.3, 0.4) is 0 Å². The maximum absolute atomic E-state index is 11.9.